The second-order valence-corrected chi connectivity index (χ2v) is 10.2. The topological polar surface area (TPSA) is 12.0 Å². The maximum Gasteiger partial charge on any atom is 0.0419 e. The van der Waals surface area contributed by atoms with E-state index >= 15 is 0 Å². The van der Waals surface area contributed by atoms with Crippen molar-refractivity contribution in [2.24, 2.45) is 0 Å². The van der Waals surface area contributed by atoms with Gasteiger partial charge in [0.25, 0.3) is 0 Å². The Labute approximate surface area is 206 Å². The summed E-state index contributed by atoms with van der Waals surface area (Å²) in [6.45, 7) is 3.39. The molecule has 0 heterocycles. The summed E-state index contributed by atoms with van der Waals surface area (Å²) in [6, 6.07) is 15.2. The van der Waals surface area contributed by atoms with Crippen LogP contribution >= 0.6 is 0 Å². The summed E-state index contributed by atoms with van der Waals surface area (Å²) in [6.07, 6.45) is 28.8. The summed E-state index contributed by atoms with van der Waals surface area (Å²) < 4.78 is 0. The number of fused-ring (bicyclic) bond motifs is 1. The molecule has 2 rings (SSSR count). The van der Waals surface area contributed by atoms with Crippen LogP contribution < -0.4 is 5.32 Å². The lowest BCUT2D eigenvalue weighted by atomic mass is 10.0. The number of hydrogen-bond donors (Lipinski definition) is 1. The van der Waals surface area contributed by atoms with Crippen molar-refractivity contribution in [1.29, 1.82) is 0 Å². The summed E-state index contributed by atoms with van der Waals surface area (Å²) >= 11 is 0. The van der Waals surface area contributed by atoms with Crippen LogP contribution in [0.5, 0.6) is 0 Å². The van der Waals surface area contributed by atoms with Crippen molar-refractivity contribution < 1.29 is 0 Å². The molecule has 0 aliphatic heterocycles. The molecule has 1 heteroatoms. The van der Waals surface area contributed by atoms with Gasteiger partial charge < -0.3 is 5.32 Å². The molecule has 0 aliphatic carbocycles. The molecule has 0 unspecified atom stereocenters. The minimum absolute atomic E-state index is 1.09. The maximum atomic E-state index is 3.65. The fraction of sp³-hybridized carbons (Fsp3) is 0.688. The van der Waals surface area contributed by atoms with Gasteiger partial charge in [-0.1, -0.05) is 165 Å². The summed E-state index contributed by atoms with van der Waals surface area (Å²) in [5.41, 5.74) is 1.28. The third-order valence-electron chi connectivity index (χ3n) is 7.14. The first-order valence-electron chi connectivity index (χ1n) is 14.6. The molecule has 0 bridgehead atoms. The fourth-order valence-corrected chi connectivity index (χ4v) is 4.98. The van der Waals surface area contributed by atoms with E-state index < -0.39 is 0 Å². The van der Waals surface area contributed by atoms with E-state index in [0.29, 0.717) is 0 Å². The molecule has 0 saturated heterocycles. The van der Waals surface area contributed by atoms with Gasteiger partial charge in [0.1, 0.15) is 0 Å². The Morgan fingerprint density at radius 1 is 0.455 bits per heavy atom. The first-order chi connectivity index (χ1) is 16.4. The van der Waals surface area contributed by atoms with Crippen LogP contribution in [0.1, 0.15) is 135 Å². The zero-order valence-corrected chi connectivity index (χ0v) is 21.9. The SMILES string of the molecule is CCCCCCCCCCCCCCCCCCCCCCNc1cccc2ccccc12. The van der Waals surface area contributed by atoms with E-state index in [4.69, 9.17) is 0 Å². The molecule has 0 atom stereocenters. The molecule has 0 fully saturated rings. The van der Waals surface area contributed by atoms with Crippen molar-refractivity contribution in [3.05, 3.63) is 42.5 Å². The van der Waals surface area contributed by atoms with E-state index in [1.807, 2.05) is 0 Å². The van der Waals surface area contributed by atoms with Gasteiger partial charge in [0.05, 0.1) is 0 Å². The van der Waals surface area contributed by atoms with Crippen LogP contribution in [0.25, 0.3) is 10.8 Å². The summed E-state index contributed by atoms with van der Waals surface area (Å²) in [4.78, 5) is 0. The lowest BCUT2D eigenvalue weighted by Gasteiger charge is -2.09. The Balaban J connectivity index is 1.28. The highest BCUT2D eigenvalue weighted by Crippen LogP contribution is 2.23. The van der Waals surface area contributed by atoms with E-state index in [2.05, 4.69) is 54.7 Å². The predicted molar refractivity (Wildman–Crippen MR) is 150 cm³/mol. The highest BCUT2D eigenvalue weighted by molar-refractivity contribution is 5.93. The Morgan fingerprint density at radius 3 is 1.39 bits per heavy atom. The highest BCUT2D eigenvalue weighted by Gasteiger charge is 1.99. The number of hydrogen-bond acceptors (Lipinski definition) is 1. The number of nitrogens with one attached hydrogen (secondary N) is 1. The molecule has 186 valence electrons. The molecule has 1 N–H and O–H groups in total. The summed E-state index contributed by atoms with van der Waals surface area (Å²) in [5, 5.41) is 6.31. The summed E-state index contributed by atoms with van der Waals surface area (Å²) in [7, 11) is 0. The van der Waals surface area contributed by atoms with Crippen molar-refractivity contribution in [2.75, 3.05) is 11.9 Å². The van der Waals surface area contributed by atoms with Gasteiger partial charge in [-0.25, -0.2) is 0 Å². The molecule has 0 radical (unpaired) electrons. The third kappa shape index (κ3) is 13.7. The lowest BCUT2D eigenvalue weighted by molar-refractivity contribution is 0.522. The number of unbranched alkanes of at least 4 members (excludes halogenated alkanes) is 19. The van der Waals surface area contributed by atoms with Gasteiger partial charge in [0.15, 0.2) is 0 Å². The lowest BCUT2D eigenvalue weighted by Crippen LogP contribution is -2.01. The van der Waals surface area contributed by atoms with Gasteiger partial charge in [0.2, 0.25) is 0 Å². The van der Waals surface area contributed by atoms with Crippen LogP contribution in [0.3, 0.4) is 0 Å². The minimum Gasteiger partial charge on any atom is -0.385 e. The number of rotatable bonds is 22. The second-order valence-electron chi connectivity index (χ2n) is 10.2. The fourth-order valence-electron chi connectivity index (χ4n) is 4.98. The minimum atomic E-state index is 1.09. The van der Waals surface area contributed by atoms with Crippen LogP contribution in [0.4, 0.5) is 5.69 Å². The van der Waals surface area contributed by atoms with E-state index in [1.54, 1.807) is 0 Å². The second kappa shape index (κ2) is 19.9. The zero-order chi connectivity index (χ0) is 23.2. The van der Waals surface area contributed by atoms with Crippen molar-refractivity contribution in [3.63, 3.8) is 0 Å². The average molecular weight is 452 g/mol. The van der Waals surface area contributed by atoms with Crippen molar-refractivity contribution >= 4 is 16.5 Å². The smallest absolute Gasteiger partial charge is 0.0419 e. The van der Waals surface area contributed by atoms with Gasteiger partial charge in [-0.05, 0) is 17.9 Å². The van der Waals surface area contributed by atoms with Crippen LogP contribution in [0.2, 0.25) is 0 Å². The van der Waals surface area contributed by atoms with Crippen molar-refractivity contribution in [3.8, 4) is 0 Å². The Morgan fingerprint density at radius 2 is 0.879 bits per heavy atom. The molecule has 0 aliphatic rings. The molecular weight excluding hydrogens is 398 g/mol. The average Bonchev–Trinajstić information content (AvgIpc) is 2.85. The van der Waals surface area contributed by atoms with E-state index in [0.717, 1.165) is 6.54 Å². The monoisotopic (exact) mass is 451 g/mol. The molecule has 0 aromatic heterocycles. The molecule has 0 amide bonds. The molecule has 0 spiro atoms. The van der Waals surface area contributed by atoms with Gasteiger partial charge in [0, 0.05) is 17.6 Å². The van der Waals surface area contributed by atoms with E-state index in [1.165, 1.54) is 145 Å². The molecule has 33 heavy (non-hydrogen) atoms. The van der Waals surface area contributed by atoms with Crippen LogP contribution in [0, 0.1) is 0 Å². The van der Waals surface area contributed by atoms with E-state index in [-0.39, 0.29) is 0 Å². The predicted octanol–water partition coefficient (Wildman–Crippen LogP) is 11.1. The van der Waals surface area contributed by atoms with Crippen molar-refractivity contribution in [1.82, 2.24) is 0 Å². The van der Waals surface area contributed by atoms with Crippen LogP contribution in [0.15, 0.2) is 42.5 Å². The quantitative estimate of drug-likeness (QED) is 0.175. The highest BCUT2D eigenvalue weighted by atomic mass is 14.9. The largest absolute Gasteiger partial charge is 0.385 e. The van der Waals surface area contributed by atoms with Crippen LogP contribution in [-0.4, -0.2) is 6.54 Å². The number of anilines is 1. The van der Waals surface area contributed by atoms with Gasteiger partial charge in [-0.2, -0.15) is 0 Å². The van der Waals surface area contributed by atoms with Gasteiger partial charge in [-0.15, -0.1) is 0 Å². The summed E-state index contributed by atoms with van der Waals surface area (Å²) in [5.74, 6) is 0. The van der Waals surface area contributed by atoms with Crippen LogP contribution in [-0.2, 0) is 0 Å². The first kappa shape index (κ1) is 27.7. The molecule has 2 aromatic carbocycles. The third-order valence-corrected chi connectivity index (χ3v) is 7.14. The standard InChI is InChI=1S/C32H53N/c1-2-3-4-5-6-7-8-9-10-11-12-13-14-15-16-17-18-19-20-23-29-33-32-28-24-26-30-25-21-22-27-31(30)32/h21-22,24-28,33H,2-20,23,29H2,1H3. The Bertz CT molecular complexity index is 686. The first-order valence-corrected chi connectivity index (χ1v) is 14.6. The number of benzene rings is 2. The maximum absolute atomic E-state index is 3.65. The van der Waals surface area contributed by atoms with E-state index in [9.17, 15) is 0 Å². The zero-order valence-electron chi connectivity index (χ0n) is 21.9. The van der Waals surface area contributed by atoms with Gasteiger partial charge in [-0.3, -0.25) is 0 Å². The van der Waals surface area contributed by atoms with Crippen molar-refractivity contribution in [2.45, 2.75) is 135 Å². The molecule has 2 aromatic rings. The van der Waals surface area contributed by atoms with Gasteiger partial charge >= 0.3 is 0 Å². The molecule has 0 saturated carbocycles. The Hall–Kier alpha value is -1.50. The Kier molecular flexibility index (Phi) is 16.7. The normalized spacial score (nSPS) is 11.3. The molecule has 1 nitrogen and oxygen atoms in total. The molecular formula is C32H53N.